The highest BCUT2D eigenvalue weighted by Crippen LogP contribution is 2.15. The molecule has 1 unspecified atom stereocenters. The lowest BCUT2D eigenvalue weighted by atomic mass is 10.1. The van der Waals surface area contributed by atoms with Crippen molar-refractivity contribution in [3.63, 3.8) is 0 Å². The van der Waals surface area contributed by atoms with E-state index in [-0.39, 0.29) is 10.8 Å². The molecule has 0 bridgehead atoms. The Morgan fingerprint density at radius 1 is 1.31 bits per heavy atom. The van der Waals surface area contributed by atoms with Crippen LogP contribution in [0.2, 0.25) is 5.02 Å². The minimum Gasteiger partial charge on any atom is -0.310 e. The average Bonchev–Trinajstić information content (AvgIpc) is 2.19. The Labute approximate surface area is 102 Å². The summed E-state index contributed by atoms with van der Waals surface area (Å²) < 4.78 is 13.2. The Balaban J connectivity index is 2.45. The third-order valence-corrected chi connectivity index (χ3v) is 2.77. The molecule has 0 fully saturated rings. The van der Waals surface area contributed by atoms with Crippen molar-refractivity contribution < 1.29 is 4.39 Å². The molecule has 1 aromatic rings. The Kier molecular flexibility index (Phi) is 5.23. The molecule has 0 saturated carbocycles. The number of hydrogen-bond acceptors (Lipinski definition) is 1. The van der Waals surface area contributed by atoms with Gasteiger partial charge in [-0.25, -0.2) is 4.39 Å². The van der Waals surface area contributed by atoms with E-state index in [1.807, 2.05) is 6.07 Å². The zero-order valence-electron chi connectivity index (χ0n) is 10.1. The van der Waals surface area contributed by atoms with Crippen LogP contribution in [0.4, 0.5) is 4.39 Å². The number of rotatable bonds is 5. The van der Waals surface area contributed by atoms with E-state index in [2.05, 4.69) is 26.1 Å². The van der Waals surface area contributed by atoms with E-state index in [1.54, 1.807) is 6.07 Å². The minimum absolute atomic E-state index is 0.180. The van der Waals surface area contributed by atoms with Gasteiger partial charge in [0.1, 0.15) is 5.82 Å². The fourth-order valence-electron chi connectivity index (χ4n) is 1.73. The topological polar surface area (TPSA) is 12.0 Å². The van der Waals surface area contributed by atoms with Crippen molar-refractivity contribution in [3.8, 4) is 0 Å². The van der Waals surface area contributed by atoms with Gasteiger partial charge in [0, 0.05) is 12.6 Å². The van der Waals surface area contributed by atoms with Crippen LogP contribution < -0.4 is 5.32 Å². The monoisotopic (exact) mass is 243 g/mol. The molecule has 0 aliphatic carbocycles. The second-order valence-corrected chi connectivity index (χ2v) is 5.07. The van der Waals surface area contributed by atoms with Crippen molar-refractivity contribution in [2.45, 2.75) is 39.8 Å². The van der Waals surface area contributed by atoms with Crippen molar-refractivity contribution in [2.24, 2.45) is 5.92 Å². The van der Waals surface area contributed by atoms with Crippen LogP contribution >= 0.6 is 11.6 Å². The van der Waals surface area contributed by atoms with Gasteiger partial charge < -0.3 is 5.32 Å². The van der Waals surface area contributed by atoms with Gasteiger partial charge in [0.05, 0.1) is 5.02 Å². The summed E-state index contributed by atoms with van der Waals surface area (Å²) in [7, 11) is 0. The van der Waals surface area contributed by atoms with Gasteiger partial charge in [-0.05, 0) is 37.0 Å². The van der Waals surface area contributed by atoms with Gasteiger partial charge in [0.2, 0.25) is 0 Å². The van der Waals surface area contributed by atoms with Gasteiger partial charge in [0.25, 0.3) is 0 Å². The molecule has 0 heterocycles. The first kappa shape index (κ1) is 13.5. The zero-order valence-corrected chi connectivity index (χ0v) is 10.8. The molecule has 1 aromatic carbocycles. The highest BCUT2D eigenvalue weighted by Gasteiger charge is 2.05. The summed E-state index contributed by atoms with van der Waals surface area (Å²) in [5.41, 5.74) is 0.928. The number of benzene rings is 1. The summed E-state index contributed by atoms with van der Waals surface area (Å²) in [5, 5.41) is 3.55. The molecule has 1 N–H and O–H groups in total. The van der Waals surface area contributed by atoms with E-state index in [0.29, 0.717) is 18.5 Å². The van der Waals surface area contributed by atoms with Crippen LogP contribution in [0, 0.1) is 11.7 Å². The summed E-state index contributed by atoms with van der Waals surface area (Å²) in [6, 6.07) is 5.37. The van der Waals surface area contributed by atoms with E-state index in [4.69, 9.17) is 11.6 Å². The maximum atomic E-state index is 13.2. The van der Waals surface area contributed by atoms with Crippen LogP contribution in [0.3, 0.4) is 0 Å². The predicted octanol–water partition coefficient (Wildman–Crippen LogP) is 4.00. The lowest BCUT2D eigenvalue weighted by molar-refractivity contribution is 0.441. The maximum absolute atomic E-state index is 13.2. The first-order chi connectivity index (χ1) is 7.49. The minimum atomic E-state index is -0.350. The second kappa shape index (κ2) is 6.21. The number of halogens is 2. The van der Waals surface area contributed by atoms with Crippen molar-refractivity contribution in [3.05, 3.63) is 34.6 Å². The molecule has 0 amide bonds. The van der Waals surface area contributed by atoms with E-state index >= 15 is 0 Å². The molecule has 1 nitrogen and oxygen atoms in total. The SMILES string of the molecule is CC(C)CC(C)NCc1ccc(Cl)c(F)c1. The average molecular weight is 244 g/mol. The number of hydrogen-bond donors (Lipinski definition) is 1. The van der Waals surface area contributed by atoms with Crippen LogP contribution in [0.15, 0.2) is 18.2 Å². The number of nitrogens with one attached hydrogen (secondary N) is 1. The summed E-state index contributed by atoms with van der Waals surface area (Å²) in [6.07, 6.45) is 1.12. The fourth-order valence-corrected chi connectivity index (χ4v) is 1.85. The van der Waals surface area contributed by atoms with Gasteiger partial charge in [-0.2, -0.15) is 0 Å². The summed E-state index contributed by atoms with van der Waals surface area (Å²) in [4.78, 5) is 0. The quantitative estimate of drug-likeness (QED) is 0.824. The Bertz CT molecular complexity index is 339. The third kappa shape index (κ3) is 4.50. The van der Waals surface area contributed by atoms with Crippen LogP contribution in [-0.4, -0.2) is 6.04 Å². The maximum Gasteiger partial charge on any atom is 0.142 e. The molecule has 0 aromatic heterocycles. The second-order valence-electron chi connectivity index (χ2n) is 4.66. The molecule has 16 heavy (non-hydrogen) atoms. The highest BCUT2D eigenvalue weighted by atomic mass is 35.5. The van der Waals surface area contributed by atoms with Crippen molar-refractivity contribution in [1.29, 1.82) is 0 Å². The van der Waals surface area contributed by atoms with Crippen molar-refractivity contribution in [2.75, 3.05) is 0 Å². The van der Waals surface area contributed by atoms with Crippen molar-refractivity contribution >= 4 is 11.6 Å². The molecule has 1 rings (SSSR count). The van der Waals surface area contributed by atoms with Gasteiger partial charge >= 0.3 is 0 Å². The van der Waals surface area contributed by atoms with Gasteiger partial charge in [0.15, 0.2) is 0 Å². The Morgan fingerprint density at radius 2 is 2.00 bits per heavy atom. The first-order valence-corrected chi connectivity index (χ1v) is 6.04. The van der Waals surface area contributed by atoms with E-state index < -0.39 is 0 Å². The Hall–Kier alpha value is -0.600. The van der Waals surface area contributed by atoms with Crippen molar-refractivity contribution in [1.82, 2.24) is 5.32 Å². The zero-order chi connectivity index (χ0) is 12.1. The molecule has 1 atom stereocenters. The van der Waals surface area contributed by atoms with E-state index in [9.17, 15) is 4.39 Å². The van der Waals surface area contributed by atoms with E-state index in [0.717, 1.165) is 12.0 Å². The van der Waals surface area contributed by atoms with Crippen LogP contribution in [0.1, 0.15) is 32.8 Å². The predicted molar refractivity (Wildman–Crippen MR) is 67.2 cm³/mol. The summed E-state index contributed by atoms with van der Waals surface area (Å²) >= 11 is 5.62. The third-order valence-electron chi connectivity index (χ3n) is 2.46. The van der Waals surface area contributed by atoms with Crippen LogP contribution in [0.25, 0.3) is 0 Å². The molecule has 0 saturated heterocycles. The standard InChI is InChI=1S/C13H19ClFN/c1-9(2)6-10(3)16-8-11-4-5-12(14)13(15)7-11/h4-5,7,9-10,16H,6,8H2,1-3H3. The van der Waals surface area contributed by atoms with E-state index in [1.165, 1.54) is 6.07 Å². The van der Waals surface area contributed by atoms with Crippen LogP contribution in [-0.2, 0) is 6.54 Å². The molecule has 0 aliphatic rings. The highest BCUT2D eigenvalue weighted by molar-refractivity contribution is 6.30. The fraction of sp³-hybridized carbons (Fsp3) is 0.538. The molecule has 0 aliphatic heterocycles. The molecule has 0 spiro atoms. The lowest BCUT2D eigenvalue weighted by Gasteiger charge is -2.16. The van der Waals surface area contributed by atoms with Gasteiger partial charge in [-0.15, -0.1) is 0 Å². The lowest BCUT2D eigenvalue weighted by Crippen LogP contribution is -2.26. The Morgan fingerprint density at radius 3 is 2.56 bits per heavy atom. The molecular weight excluding hydrogens is 225 g/mol. The first-order valence-electron chi connectivity index (χ1n) is 5.66. The smallest absolute Gasteiger partial charge is 0.142 e. The normalized spacial score (nSPS) is 13.1. The summed E-state index contributed by atoms with van der Waals surface area (Å²) in [6.45, 7) is 7.22. The van der Waals surface area contributed by atoms with Crippen LogP contribution in [0.5, 0.6) is 0 Å². The summed E-state index contributed by atoms with van der Waals surface area (Å²) in [5.74, 6) is 0.321. The largest absolute Gasteiger partial charge is 0.310 e. The molecule has 0 radical (unpaired) electrons. The molecule has 90 valence electrons. The van der Waals surface area contributed by atoms with Gasteiger partial charge in [-0.1, -0.05) is 31.5 Å². The van der Waals surface area contributed by atoms with Gasteiger partial charge in [-0.3, -0.25) is 0 Å². The molecule has 3 heteroatoms. The molecular formula is C13H19ClFN.